The van der Waals surface area contributed by atoms with E-state index in [0.717, 1.165) is 19.0 Å². The maximum Gasteiger partial charge on any atom is 0.0237 e. The topological polar surface area (TPSA) is 15.3 Å². The van der Waals surface area contributed by atoms with Crippen LogP contribution in [0.2, 0.25) is 0 Å². The highest BCUT2D eigenvalue weighted by Gasteiger charge is 2.29. The summed E-state index contributed by atoms with van der Waals surface area (Å²) in [5.41, 5.74) is 4.26. The molecule has 2 rings (SSSR count). The fourth-order valence-corrected chi connectivity index (χ4v) is 3.28. The Morgan fingerprint density at radius 1 is 1.24 bits per heavy atom. The monoisotopic (exact) mass is 288 g/mol. The third-order valence-corrected chi connectivity index (χ3v) is 5.32. The standard InChI is InChI=1S/C19H32N2/c1-6-14(3)19-13-21(18(7-2)11-20-19)12-17-9-8-15(4)16(5)10-17/h8-10,14,18-20H,6-7,11-13H2,1-5H3. The van der Waals surface area contributed by atoms with Gasteiger partial charge in [-0.1, -0.05) is 45.4 Å². The van der Waals surface area contributed by atoms with Gasteiger partial charge in [0, 0.05) is 31.7 Å². The zero-order valence-electron chi connectivity index (χ0n) is 14.4. The van der Waals surface area contributed by atoms with Crippen LogP contribution in [0.25, 0.3) is 0 Å². The molecule has 1 aliphatic rings. The van der Waals surface area contributed by atoms with Crippen LogP contribution in [0.1, 0.15) is 50.3 Å². The van der Waals surface area contributed by atoms with Gasteiger partial charge in [-0.3, -0.25) is 4.90 Å². The fourth-order valence-electron chi connectivity index (χ4n) is 3.28. The number of hydrogen-bond acceptors (Lipinski definition) is 2. The first-order valence-electron chi connectivity index (χ1n) is 8.58. The molecule has 2 nitrogen and oxygen atoms in total. The van der Waals surface area contributed by atoms with E-state index in [0.29, 0.717) is 12.1 Å². The minimum Gasteiger partial charge on any atom is -0.311 e. The minimum atomic E-state index is 0.643. The number of piperazine rings is 1. The molecule has 1 aromatic rings. The number of benzene rings is 1. The molecule has 3 unspecified atom stereocenters. The molecule has 3 atom stereocenters. The summed E-state index contributed by atoms with van der Waals surface area (Å²) in [6.45, 7) is 14.8. The second kappa shape index (κ2) is 7.42. The van der Waals surface area contributed by atoms with Crippen LogP contribution in [0, 0.1) is 19.8 Å². The van der Waals surface area contributed by atoms with Crippen LogP contribution in [0.15, 0.2) is 18.2 Å². The first-order valence-corrected chi connectivity index (χ1v) is 8.58. The van der Waals surface area contributed by atoms with Crippen molar-refractivity contribution in [2.24, 2.45) is 5.92 Å². The smallest absolute Gasteiger partial charge is 0.0237 e. The van der Waals surface area contributed by atoms with Crippen LogP contribution in [0.4, 0.5) is 0 Å². The third kappa shape index (κ3) is 4.08. The number of nitrogens with zero attached hydrogens (tertiary/aromatic N) is 1. The molecular weight excluding hydrogens is 256 g/mol. The largest absolute Gasteiger partial charge is 0.311 e. The van der Waals surface area contributed by atoms with Gasteiger partial charge in [0.25, 0.3) is 0 Å². The van der Waals surface area contributed by atoms with Crippen molar-refractivity contribution in [1.82, 2.24) is 10.2 Å². The van der Waals surface area contributed by atoms with Gasteiger partial charge in [0.05, 0.1) is 0 Å². The predicted molar refractivity (Wildman–Crippen MR) is 91.7 cm³/mol. The quantitative estimate of drug-likeness (QED) is 0.884. The highest BCUT2D eigenvalue weighted by atomic mass is 15.2. The summed E-state index contributed by atoms with van der Waals surface area (Å²) in [5.74, 6) is 0.755. The Balaban J connectivity index is 2.08. The second-order valence-electron chi connectivity index (χ2n) is 6.81. The summed E-state index contributed by atoms with van der Waals surface area (Å²) in [7, 11) is 0. The summed E-state index contributed by atoms with van der Waals surface area (Å²) >= 11 is 0. The molecule has 1 saturated heterocycles. The minimum absolute atomic E-state index is 0.643. The van der Waals surface area contributed by atoms with E-state index in [1.807, 2.05) is 0 Å². The van der Waals surface area contributed by atoms with Gasteiger partial charge in [-0.05, 0) is 42.9 Å². The lowest BCUT2D eigenvalue weighted by molar-refractivity contribution is 0.0993. The van der Waals surface area contributed by atoms with E-state index in [-0.39, 0.29) is 0 Å². The maximum atomic E-state index is 3.77. The average molecular weight is 288 g/mol. The van der Waals surface area contributed by atoms with Gasteiger partial charge in [0.15, 0.2) is 0 Å². The Hall–Kier alpha value is -0.860. The van der Waals surface area contributed by atoms with E-state index in [4.69, 9.17) is 0 Å². The Bertz CT molecular complexity index is 455. The SMILES string of the molecule is CCC(C)C1CN(Cc2ccc(C)c(C)c2)C(CC)CN1. The lowest BCUT2D eigenvalue weighted by atomic mass is 9.94. The highest BCUT2D eigenvalue weighted by Crippen LogP contribution is 2.20. The van der Waals surface area contributed by atoms with Gasteiger partial charge < -0.3 is 5.32 Å². The molecule has 1 heterocycles. The van der Waals surface area contributed by atoms with Gasteiger partial charge in [0.1, 0.15) is 0 Å². The van der Waals surface area contributed by atoms with Gasteiger partial charge in [-0.2, -0.15) is 0 Å². The van der Waals surface area contributed by atoms with Crippen LogP contribution < -0.4 is 5.32 Å². The molecular formula is C19H32N2. The molecule has 0 saturated carbocycles. The van der Waals surface area contributed by atoms with Gasteiger partial charge in [0.2, 0.25) is 0 Å². The fraction of sp³-hybridized carbons (Fsp3) is 0.684. The van der Waals surface area contributed by atoms with Gasteiger partial charge in [-0.15, -0.1) is 0 Å². The number of hydrogen-bond donors (Lipinski definition) is 1. The molecule has 118 valence electrons. The van der Waals surface area contributed by atoms with E-state index in [1.54, 1.807) is 0 Å². The van der Waals surface area contributed by atoms with Crippen LogP contribution in [0.5, 0.6) is 0 Å². The van der Waals surface area contributed by atoms with Crippen molar-refractivity contribution in [3.05, 3.63) is 34.9 Å². The second-order valence-corrected chi connectivity index (χ2v) is 6.81. The maximum absolute atomic E-state index is 3.77. The van der Waals surface area contributed by atoms with E-state index in [1.165, 1.54) is 36.1 Å². The van der Waals surface area contributed by atoms with E-state index < -0.39 is 0 Å². The summed E-state index contributed by atoms with van der Waals surface area (Å²) in [6.07, 6.45) is 2.48. The van der Waals surface area contributed by atoms with Crippen LogP contribution >= 0.6 is 0 Å². The van der Waals surface area contributed by atoms with Crippen molar-refractivity contribution in [2.75, 3.05) is 13.1 Å². The Kier molecular flexibility index (Phi) is 5.83. The van der Waals surface area contributed by atoms with Crippen molar-refractivity contribution in [3.8, 4) is 0 Å². The summed E-state index contributed by atoms with van der Waals surface area (Å²) in [5, 5.41) is 3.77. The van der Waals surface area contributed by atoms with E-state index in [9.17, 15) is 0 Å². The first-order chi connectivity index (χ1) is 10.0. The van der Waals surface area contributed by atoms with Crippen molar-refractivity contribution < 1.29 is 0 Å². The number of rotatable bonds is 5. The lowest BCUT2D eigenvalue weighted by Crippen LogP contribution is -2.57. The van der Waals surface area contributed by atoms with Crippen LogP contribution in [-0.4, -0.2) is 30.1 Å². The summed E-state index contributed by atoms with van der Waals surface area (Å²) in [4.78, 5) is 2.69. The molecule has 1 aromatic carbocycles. The molecule has 0 radical (unpaired) electrons. The van der Waals surface area contributed by atoms with Crippen LogP contribution in [-0.2, 0) is 6.54 Å². The molecule has 0 amide bonds. The molecule has 0 aliphatic carbocycles. The Morgan fingerprint density at radius 3 is 2.62 bits per heavy atom. The molecule has 0 bridgehead atoms. The van der Waals surface area contributed by atoms with Gasteiger partial charge in [-0.25, -0.2) is 0 Å². The normalized spacial score (nSPS) is 25.0. The average Bonchev–Trinajstić information content (AvgIpc) is 2.50. The molecule has 0 aromatic heterocycles. The lowest BCUT2D eigenvalue weighted by Gasteiger charge is -2.42. The van der Waals surface area contributed by atoms with E-state index >= 15 is 0 Å². The summed E-state index contributed by atoms with van der Waals surface area (Å²) < 4.78 is 0. The van der Waals surface area contributed by atoms with Crippen LogP contribution in [0.3, 0.4) is 0 Å². The number of nitrogens with one attached hydrogen (secondary N) is 1. The molecule has 1 N–H and O–H groups in total. The first kappa shape index (κ1) is 16.5. The molecule has 0 spiro atoms. The zero-order valence-corrected chi connectivity index (χ0v) is 14.4. The van der Waals surface area contributed by atoms with Crippen molar-refractivity contribution in [2.45, 2.75) is 66.1 Å². The third-order valence-electron chi connectivity index (χ3n) is 5.32. The molecule has 2 heteroatoms. The van der Waals surface area contributed by atoms with Gasteiger partial charge >= 0.3 is 0 Å². The van der Waals surface area contributed by atoms with Crippen molar-refractivity contribution in [3.63, 3.8) is 0 Å². The predicted octanol–water partition coefficient (Wildman–Crippen LogP) is 3.90. The molecule has 21 heavy (non-hydrogen) atoms. The molecule has 1 aliphatic heterocycles. The van der Waals surface area contributed by atoms with Crippen molar-refractivity contribution >= 4 is 0 Å². The Morgan fingerprint density at radius 2 is 2.00 bits per heavy atom. The van der Waals surface area contributed by atoms with Crippen molar-refractivity contribution in [1.29, 1.82) is 0 Å². The van der Waals surface area contributed by atoms with E-state index in [2.05, 4.69) is 63.0 Å². The zero-order chi connectivity index (χ0) is 15.4. The Labute approximate surface area is 130 Å². The number of aryl methyl sites for hydroxylation is 2. The summed E-state index contributed by atoms with van der Waals surface area (Å²) in [6, 6.07) is 8.24. The molecule has 1 fully saturated rings. The highest BCUT2D eigenvalue weighted by molar-refractivity contribution is 5.30.